The molecule has 7 nitrogen and oxygen atoms in total. The maximum Gasteiger partial charge on any atom is 0.361 e. The van der Waals surface area contributed by atoms with Crippen molar-refractivity contribution in [2.45, 2.75) is 6.92 Å². The van der Waals surface area contributed by atoms with Crippen molar-refractivity contribution < 1.29 is 19.1 Å². The predicted octanol–water partition coefficient (Wildman–Crippen LogP) is 0.906. The van der Waals surface area contributed by atoms with Crippen LogP contribution in [0.2, 0.25) is 0 Å². The van der Waals surface area contributed by atoms with E-state index in [0.29, 0.717) is 5.69 Å². The van der Waals surface area contributed by atoms with Crippen LogP contribution in [0.25, 0.3) is 5.69 Å². The molecule has 0 unspecified atom stereocenters. The molecule has 1 aromatic carbocycles. The van der Waals surface area contributed by atoms with E-state index < -0.39 is 18.5 Å². The van der Waals surface area contributed by atoms with Crippen molar-refractivity contribution in [1.29, 1.82) is 0 Å². The summed E-state index contributed by atoms with van der Waals surface area (Å²) in [4.78, 5) is 24.0. The van der Waals surface area contributed by atoms with Gasteiger partial charge in [-0.1, -0.05) is 18.2 Å². The van der Waals surface area contributed by atoms with Crippen LogP contribution in [0.5, 0.6) is 0 Å². The summed E-state index contributed by atoms with van der Waals surface area (Å²) in [6, 6.07) is 9.16. The van der Waals surface area contributed by atoms with Crippen molar-refractivity contribution in [2.24, 2.45) is 0 Å². The van der Waals surface area contributed by atoms with E-state index >= 15 is 0 Å². The van der Waals surface area contributed by atoms with Crippen LogP contribution < -0.4 is 0 Å². The molecular formula is C13H13N3O4. The molecule has 1 aromatic heterocycles. The number of hydrogen-bond acceptors (Lipinski definition) is 6. The summed E-state index contributed by atoms with van der Waals surface area (Å²) in [5, 5.41) is 8.20. The molecule has 0 fully saturated rings. The molecule has 0 bridgehead atoms. The van der Waals surface area contributed by atoms with Gasteiger partial charge in [0.25, 0.3) is 0 Å². The number of hydrogen-bond donors (Lipinski definition) is 0. The highest BCUT2D eigenvalue weighted by Gasteiger charge is 2.18. The monoisotopic (exact) mass is 275 g/mol. The maximum atomic E-state index is 11.8. The molecule has 2 aromatic rings. The third kappa shape index (κ3) is 3.00. The summed E-state index contributed by atoms with van der Waals surface area (Å²) in [5.74, 6) is -1.35. The lowest BCUT2D eigenvalue weighted by molar-refractivity contribution is -0.144. The molecule has 1 heterocycles. The Morgan fingerprint density at radius 3 is 2.55 bits per heavy atom. The number of benzene rings is 1. The summed E-state index contributed by atoms with van der Waals surface area (Å²) in [7, 11) is 1.22. The smallest absolute Gasteiger partial charge is 0.361 e. The van der Waals surface area contributed by atoms with Crippen LogP contribution in [-0.4, -0.2) is 40.6 Å². The van der Waals surface area contributed by atoms with Gasteiger partial charge in [0.1, 0.15) is 0 Å². The van der Waals surface area contributed by atoms with Crippen LogP contribution in [0.3, 0.4) is 0 Å². The number of carbonyl (C=O) groups excluding carboxylic acids is 2. The number of aromatic nitrogens is 3. The van der Waals surface area contributed by atoms with E-state index in [4.69, 9.17) is 4.74 Å². The highest BCUT2D eigenvalue weighted by molar-refractivity contribution is 5.89. The van der Waals surface area contributed by atoms with Crippen molar-refractivity contribution >= 4 is 11.9 Å². The Balaban J connectivity index is 2.15. The van der Waals surface area contributed by atoms with Crippen LogP contribution in [0, 0.1) is 6.92 Å². The quantitative estimate of drug-likeness (QED) is 0.771. The second-order valence-electron chi connectivity index (χ2n) is 3.91. The normalized spacial score (nSPS) is 10.1. The van der Waals surface area contributed by atoms with Gasteiger partial charge >= 0.3 is 11.9 Å². The Bertz CT molecular complexity index is 622. The molecule has 0 amide bonds. The second-order valence-corrected chi connectivity index (χ2v) is 3.91. The molecule has 0 saturated carbocycles. The van der Waals surface area contributed by atoms with Gasteiger partial charge in [-0.2, -0.15) is 9.90 Å². The Morgan fingerprint density at radius 1 is 1.20 bits per heavy atom. The minimum Gasteiger partial charge on any atom is -0.466 e. The highest BCUT2D eigenvalue weighted by atomic mass is 16.6. The van der Waals surface area contributed by atoms with Gasteiger partial charge in [0, 0.05) is 0 Å². The van der Waals surface area contributed by atoms with Crippen molar-refractivity contribution in [3.05, 3.63) is 41.7 Å². The number of carbonyl (C=O) groups is 2. The van der Waals surface area contributed by atoms with Gasteiger partial charge in [-0.05, 0) is 19.1 Å². The van der Waals surface area contributed by atoms with Crippen molar-refractivity contribution in [2.75, 3.05) is 13.7 Å². The number of ether oxygens (including phenoxy) is 2. The molecule has 0 aliphatic rings. The fourth-order valence-corrected chi connectivity index (χ4v) is 1.50. The maximum absolute atomic E-state index is 11.8. The highest BCUT2D eigenvalue weighted by Crippen LogP contribution is 2.09. The van der Waals surface area contributed by atoms with E-state index in [1.165, 1.54) is 11.9 Å². The van der Waals surface area contributed by atoms with Crippen LogP contribution in [0.1, 0.15) is 16.2 Å². The van der Waals surface area contributed by atoms with Gasteiger partial charge in [0.2, 0.25) is 0 Å². The first-order valence-corrected chi connectivity index (χ1v) is 5.85. The SMILES string of the molecule is COC(=O)COC(=O)c1nn(-c2ccccc2)nc1C. The molecular weight excluding hydrogens is 262 g/mol. The first-order chi connectivity index (χ1) is 9.61. The molecule has 0 N–H and O–H groups in total. The van der Waals surface area contributed by atoms with E-state index in [9.17, 15) is 9.59 Å². The molecule has 0 spiro atoms. The summed E-state index contributed by atoms with van der Waals surface area (Å²) in [6.07, 6.45) is 0. The minimum absolute atomic E-state index is 0.0674. The number of rotatable bonds is 4. The first kappa shape index (κ1) is 13.7. The Labute approximate surface area is 115 Å². The van der Waals surface area contributed by atoms with Gasteiger partial charge in [-0.15, -0.1) is 5.10 Å². The van der Waals surface area contributed by atoms with Crippen molar-refractivity contribution in [3.63, 3.8) is 0 Å². The van der Waals surface area contributed by atoms with Crippen molar-refractivity contribution in [3.8, 4) is 5.69 Å². The lowest BCUT2D eigenvalue weighted by Crippen LogP contribution is -2.16. The summed E-state index contributed by atoms with van der Waals surface area (Å²) >= 11 is 0. The predicted molar refractivity (Wildman–Crippen MR) is 68.4 cm³/mol. The lowest BCUT2D eigenvalue weighted by Gasteiger charge is -2.01. The van der Waals surface area contributed by atoms with Crippen molar-refractivity contribution in [1.82, 2.24) is 15.0 Å². The average Bonchev–Trinajstić information content (AvgIpc) is 2.87. The number of aryl methyl sites for hydroxylation is 1. The summed E-state index contributed by atoms with van der Waals surface area (Å²) in [6.45, 7) is 1.19. The van der Waals surface area contributed by atoms with Gasteiger partial charge < -0.3 is 9.47 Å². The lowest BCUT2D eigenvalue weighted by atomic mass is 10.3. The Hall–Kier alpha value is -2.70. The molecule has 7 heteroatoms. The fraction of sp³-hybridized carbons (Fsp3) is 0.231. The largest absolute Gasteiger partial charge is 0.466 e. The van der Waals surface area contributed by atoms with E-state index in [0.717, 1.165) is 5.69 Å². The molecule has 0 aliphatic carbocycles. The van der Waals surface area contributed by atoms with Crippen LogP contribution in [0.4, 0.5) is 0 Å². The van der Waals surface area contributed by atoms with Gasteiger partial charge in [0.15, 0.2) is 12.3 Å². The molecule has 104 valence electrons. The third-order valence-electron chi connectivity index (χ3n) is 2.51. The van der Waals surface area contributed by atoms with Gasteiger partial charge in [-0.25, -0.2) is 9.59 Å². The zero-order valence-corrected chi connectivity index (χ0v) is 11.1. The van der Waals surface area contributed by atoms with E-state index in [1.807, 2.05) is 30.3 Å². The topological polar surface area (TPSA) is 83.3 Å². The standard InChI is InChI=1S/C13H13N3O4/c1-9-12(13(18)20-8-11(17)19-2)15-16(14-9)10-6-4-3-5-7-10/h3-7H,8H2,1-2H3. The fourth-order valence-electron chi connectivity index (χ4n) is 1.50. The van der Waals surface area contributed by atoms with Gasteiger partial charge in [-0.3, -0.25) is 0 Å². The zero-order chi connectivity index (χ0) is 14.5. The molecule has 2 rings (SSSR count). The number of nitrogens with zero attached hydrogens (tertiary/aromatic N) is 3. The number of para-hydroxylation sites is 1. The van der Waals surface area contributed by atoms with Crippen LogP contribution in [-0.2, 0) is 14.3 Å². The third-order valence-corrected chi connectivity index (χ3v) is 2.51. The van der Waals surface area contributed by atoms with E-state index in [-0.39, 0.29) is 5.69 Å². The average molecular weight is 275 g/mol. The molecule has 20 heavy (non-hydrogen) atoms. The van der Waals surface area contributed by atoms with E-state index in [2.05, 4.69) is 14.9 Å². The van der Waals surface area contributed by atoms with Crippen LogP contribution in [0.15, 0.2) is 30.3 Å². The summed E-state index contributed by atoms with van der Waals surface area (Å²) < 4.78 is 9.17. The zero-order valence-electron chi connectivity index (χ0n) is 11.1. The second kappa shape index (κ2) is 5.96. The van der Waals surface area contributed by atoms with Crippen LogP contribution >= 0.6 is 0 Å². The van der Waals surface area contributed by atoms with Gasteiger partial charge in [0.05, 0.1) is 18.5 Å². The minimum atomic E-state index is -0.713. The molecule has 0 atom stereocenters. The first-order valence-electron chi connectivity index (χ1n) is 5.85. The Kier molecular flexibility index (Phi) is 4.09. The molecule has 0 aliphatic heterocycles. The number of esters is 2. The van der Waals surface area contributed by atoms with E-state index in [1.54, 1.807) is 6.92 Å². The molecule has 0 radical (unpaired) electrons. The molecule has 0 saturated heterocycles. The Morgan fingerprint density at radius 2 is 1.90 bits per heavy atom. The summed E-state index contributed by atoms with van der Waals surface area (Å²) in [5.41, 5.74) is 1.21. The number of methoxy groups -OCH3 is 1.